The van der Waals surface area contributed by atoms with Crippen molar-refractivity contribution >= 4 is 17.6 Å². The Kier molecular flexibility index (Phi) is 9.18. The first kappa shape index (κ1) is 31.7. The van der Waals surface area contributed by atoms with Crippen molar-refractivity contribution < 1.29 is 36.3 Å². The fourth-order valence-corrected chi connectivity index (χ4v) is 5.99. The van der Waals surface area contributed by atoms with Crippen LogP contribution in [0.15, 0.2) is 18.5 Å². The molecule has 3 aromatic heterocycles. The third-order valence-corrected chi connectivity index (χ3v) is 8.48. The molecule has 0 bridgehead atoms. The summed E-state index contributed by atoms with van der Waals surface area (Å²) in [6.45, 7) is 2.06. The second-order valence-corrected chi connectivity index (χ2v) is 11.5. The van der Waals surface area contributed by atoms with E-state index < -0.39 is 48.3 Å². The lowest BCUT2D eigenvalue weighted by Crippen LogP contribution is -2.47. The van der Waals surface area contributed by atoms with E-state index in [0.29, 0.717) is 29.3 Å². The van der Waals surface area contributed by atoms with E-state index in [-0.39, 0.29) is 63.2 Å². The van der Waals surface area contributed by atoms with Crippen LogP contribution in [0.5, 0.6) is 0 Å². The number of piperidine rings is 1. The van der Waals surface area contributed by atoms with Gasteiger partial charge in [0, 0.05) is 58.0 Å². The smallest absolute Gasteiger partial charge is 0.384 e. The van der Waals surface area contributed by atoms with Crippen molar-refractivity contribution in [2.24, 2.45) is 17.8 Å². The number of carbonyl (C=O) groups excluding carboxylic acids is 2. The molecule has 240 valence electrons. The number of aryl methyl sites for hydroxylation is 1. The van der Waals surface area contributed by atoms with Gasteiger partial charge in [-0.05, 0) is 38.2 Å². The molecule has 4 heterocycles. The third-order valence-electron chi connectivity index (χ3n) is 8.48. The van der Waals surface area contributed by atoms with Gasteiger partial charge < -0.3 is 15.4 Å². The Hall–Kier alpha value is -3.69. The van der Waals surface area contributed by atoms with Crippen LogP contribution in [0, 0.1) is 17.8 Å². The Morgan fingerprint density at radius 2 is 1.98 bits per heavy atom. The summed E-state index contributed by atoms with van der Waals surface area (Å²) in [5.74, 6) is -6.52. The fourth-order valence-electron chi connectivity index (χ4n) is 5.99. The number of aromatic nitrogens is 6. The highest BCUT2D eigenvalue weighted by Crippen LogP contribution is 2.41. The Balaban J connectivity index is 1.48. The average molecular weight is 627 g/mol. The molecule has 2 aliphatic rings. The predicted octanol–water partition coefficient (Wildman–Crippen LogP) is 3.68. The van der Waals surface area contributed by atoms with Gasteiger partial charge in [-0.1, -0.05) is 0 Å². The molecule has 3 aromatic rings. The van der Waals surface area contributed by atoms with E-state index in [0.717, 1.165) is 0 Å². The lowest BCUT2D eigenvalue weighted by molar-refractivity contribution is -0.183. The molecule has 0 unspecified atom stereocenters. The van der Waals surface area contributed by atoms with E-state index in [9.17, 15) is 31.5 Å². The molecule has 1 saturated heterocycles. The number of nitrogens with one attached hydrogen (secondary N) is 2. The first-order valence-corrected chi connectivity index (χ1v) is 14.7. The highest BCUT2D eigenvalue weighted by molar-refractivity contribution is 5.92. The molecular weight excluding hydrogens is 591 g/mol. The SMILES string of the molecule is CCn1nccc1C(=O)N[C@H](c1cn2nc(C[C@H]3C[C@@H](C(F)(F)F)CNC3=O)c(CCOC)nc2n1)C1CCC(F)(F)CC1. The van der Waals surface area contributed by atoms with Crippen LogP contribution in [0.3, 0.4) is 0 Å². The molecular formula is C28H35F5N8O3. The monoisotopic (exact) mass is 626 g/mol. The number of alkyl halides is 5. The van der Waals surface area contributed by atoms with Crippen molar-refractivity contribution in [1.29, 1.82) is 0 Å². The minimum atomic E-state index is -4.45. The number of hydrogen-bond donors (Lipinski definition) is 2. The van der Waals surface area contributed by atoms with Crippen LogP contribution >= 0.6 is 0 Å². The molecule has 16 heteroatoms. The topological polar surface area (TPSA) is 128 Å². The second kappa shape index (κ2) is 12.7. The predicted molar refractivity (Wildman–Crippen MR) is 146 cm³/mol. The fraction of sp³-hybridized carbons (Fsp3) is 0.643. The van der Waals surface area contributed by atoms with Gasteiger partial charge in [0.05, 0.1) is 41.8 Å². The number of nitrogens with zero attached hydrogens (tertiary/aromatic N) is 6. The van der Waals surface area contributed by atoms with Crippen molar-refractivity contribution in [3.63, 3.8) is 0 Å². The van der Waals surface area contributed by atoms with Crippen LogP contribution in [-0.4, -0.2) is 73.5 Å². The van der Waals surface area contributed by atoms with Gasteiger partial charge in [0.1, 0.15) is 5.69 Å². The van der Waals surface area contributed by atoms with Crippen molar-refractivity contribution in [2.75, 3.05) is 20.3 Å². The molecule has 3 atom stereocenters. The number of methoxy groups -OCH3 is 1. The number of hydrogen-bond acceptors (Lipinski definition) is 7. The molecule has 0 spiro atoms. The van der Waals surface area contributed by atoms with Crippen molar-refractivity contribution in [3.8, 4) is 0 Å². The molecule has 1 aliphatic carbocycles. The summed E-state index contributed by atoms with van der Waals surface area (Å²) in [4.78, 5) is 35.1. The summed E-state index contributed by atoms with van der Waals surface area (Å²) >= 11 is 0. The number of ether oxygens (including phenoxy) is 1. The summed E-state index contributed by atoms with van der Waals surface area (Å²) in [6.07, 6.45) is -1.93. The molecule has 2 amide bonds. The van der Waals surface area contributed by atoms with Gasteiger partial charge >= 0.3 is 6.18 Å². The van der Waals surface area contributed by atoms with E-state index in [2.05, 4.69) is 30.8 Å². The van der Waals surface area contributed by atoms with Crippen LogP contribution in [0.25, 0.3) is 5.78 Å². The van der Waals surface area contributed by atoms with E-state index in [1.165, 1.54) is 22.5 Å². The van der Waals surface area contributed by atoms with Crippen molar-refractivity contribution in [1.82, 2.24) is 40.0 Å². The summed E-state index contributed by atoms with van der Waals surface area (Å²) in [5.41, 5.74) is 1.42. The lowest BCUT2D eigenvalue weighted by atomic mass is 9.81. The van der Waals surface area contributed by atoms with Gasteiger partial charge in [-0.3, -0.25) is 14.3 Å². The number of rotatable bonds is 10. The summed E-state index contributed by atoms with van der Waals surface area (Å²) in [6, 6.07) is 0.821. The summed E-state index contributed by atoms with van der Waals surface area (Å²) in [7, 11) is 1.49. The van der Waals surface area contributed by atoms with Crippen LogP contribution in [0.1, 0.15) is 72.6 Å². The van der Waals surface area contributed by atoms with E-state index in [1.807, 2.05) is 6.92 Å². The number of fused-ring (bicyclic) bond motifs is 1. The molecule has 1 saturated carbocycles. The molecule has 44 heavy (non-hydrogen) atoms. The minimum Gasteiger partial charge on any atom is -0.384 e. The van der Waals surface area contributed by atoms with Crippen molar-refractivity contribution in [3.05, 3.63) is 41.2 Å². The Labute approximate surface area is 249 Å². The first-order valence-electron chi connectivity index (χ1n) is 14.7. The molecule has 1 aliphatic heterocycles. The van der Waals surface area contributed by atoms with Gasteiger partial charge in [-0.15, -0.1) is 0 Å². The molecule has 11 nitrogen and oxygen atoms in total. The number of imidazole rings is 1. The van der Waals surface area contributed by atoms with E-state index in [1.54, 1.807) is 12.3 Å². The highest BCUT2D eigenvalue weighted by Gasteiger charge is 2.45. The zero-order chi connectivity index (χ0) is 31.6. The Bertz CT molecular complexity index is 1480. The summed E-state index contributed by atoms with van der Waals surface area (Å²) < 4.78 is 76.5. The number of halogens is 5. The van der Waals surface area contributed by atoms with Crippen LogP contribution in [-0.2, 0) is 28.9 Å². The standard InChI is InChI=1S/C28H35F5N8O3/c1-3-40-22(6-10-35-40)25(43)38-23(16-4-8-27(29,30)9-5-16)21-15-41-26(37-21)36-19(7-11-44-2)20(39-41)13-17-12-18(28(31,32)33)14-34-24(17)42/h6,10,15-18,23H,3-5,7-9,11-14H2,1-2H3,(H,34,42)(H,38,43)/t17-,18-,23+/m1/s1. The Morgan fingerprint density at radius 3 is 2.66 bits per heavy atom. The average Bonchev–Trinajstić information content (AvgIpc) is 3.62. The first-order chi connectivity index (χ1) is 20.9. The van der Waals surface area contributed by atoms with Gasteiger partial charge in [0.2, 0.25) is 11.8 Å². The maximum atomic E-state index is 14.1. The van der Waals surface area contributed by atoms with Gasteiger partial charge in [-0.2, -0.15) is 23.4 Å². The minimum absolute atomic E-state index is 0.0766. The van der Waals surface area contributed by atoms with Crippen molar-refractivity contribution in [2.45, 2.75) is 76.6 Å². The highest BCUT2D eigenvalue weighted by atomic mass is 19.4. The van der Waals surface area contributed by atoms with Gasteiger partial charge in [0.15, 0.2) is 0 Å². The van der Waals surface area contributed by atoms with E-state index in [4.69, 9.17) is 4.74 Å². The number of amides is 2. The van der Waals surface area contributed by atoms with Crippen LogP contribution < -0.4 is 10.6 Å². The maximum Gasteiger partial charge on any atom is 0.393 e. The van der Waals surface area contributed by atoms with Gasteiger partial charge in [-0.25, -0.2) is 23.3 Å². The molecule has 0 radical (unpaired) electrons. The zero-order valence-electron chi connectivity index (χ0n) is 24.4. The number of carbonyl (C=O) groups is 2. The van der Waals surface area contributed by atoms with E-state index >= 15 is 0 Å². The largest absolute Gasteiger partial charge is 0.393 e. The molecule has 0 aromatic carbocycles. The van der Waals surface area contributed by atoms with Gasteiger partial charge in [0.25, 0.3) is 11.7 Å². The molecule has 5 rings (SSSR count). The maximum absolute atomic E-state index is 14.1. The van der Waals surface area contributed by atoms with Crippen LogP contribution in [0.2, 0.25) is 0 Å². The normalized spacial score (nSPS) is 21.8. The molecule has 2 N–H and O–H groups in total. The van der Waals surface area contributed by atoms with Crippen LogP contribution in [0.4, 0.5) is 22.0 Å². The quantitative estimate of drug-likeness (QED) is 0.329. The zero-order valence-corrected chi connectivity index (χ0v) is 24.4. The lowest BCUT2D eigenvalue weighted by Gasteiger charge is -2.33. The third kappa shape index (κ3) is 7.00. The summed E-state index contributed by atoms with van der Waals surface area (Å²) in [5, 5.41) is 14.1. The Morgan fingerprint density at radius 1 is 1.23 bits per heavy atom. The second-order valence-electron chi connectivity index (χ2n) is 11.5. The molecule has 2 fully saturated rings.